The minimum atomic E-state index is -0.146. The fraction of sp³-hybridized carbons (Fsp3) is 0.211. The number of aromatic nitrogens is 3. The van der Waals surface area contributed by atoms with E-state index in [1.165, 1.54) is 11.1 Å². The van der Waals surface area contributed by atoms with Crippen molar-refractivity contribution in [3.05, 3.63) is 70.7 Å². The summed E-state index contributed by atoms with van der Waals surface area (Å²) in [7, 11) is 0. The lowest BCUT2D eigenvalue weighted by Crippen LogP contribution is -2.16. The zero-order valence-electron chi connectivity index (χ0n) is 14.1. The van der Waals surface area contributed by atoms with Gasteiger partial charge in [-0.05, 0) is 49.2 Å². The molecule has 0 fully saturated rings. The Hall–Kier alpha value is -2.60. The fourth-order valence-electron chi connectivity index (χ4n) is 2.87. The van der Waals surface area contributed by atoms with Gasteiger partial charge >= 0.3 is 0 Å². The maximum atomic E-state index is 12.6. The van der Waals surface area contributed by atoms with Crippen molar-refractivity contribution in [2.75, 3.05) is 5.32 Å². The molecule has 1 aromatic carbocycles. The van der Waals surface area contributed by atoms with Crippen LogP contribution >= 0.6 is 11.8 Å². The third-order valence-electron chi connectivity index (χ3n) is 4.46. The third-order valence-corrected chi connectivity index (χ3v) is 5.43. The van der Waals surface area contributed by atoms with Crippen LogP contribution in [0.15, 0.2) is 42.7 Å². The Morgan fingerprint density at radius 2 is 1.92 bits per heavy atom. The summed E-state index contributed by atoms with van der Waals surface area (Å²) in [6.07, 6.45) is 3.24. The molecule has 2 aromatic heterocycles. The predicted octanol–water partition coefficient (Wildman–Crippen LogP) is 3.88. The van der Waals surface area contributed by atoms with E-state index in [1.54, 1.807) is 24.5 Å². The standard InChI is InChI=1S/C19H18N4OS/c1-12-3-4-15(9-13(12)2)23-18(16-10-25-11-17(16)22-23)21-19(24)14-5-7-20-8-6-14/h3-9H,10-11H2,1-2H3,(H,21,24). The smallest absolute Gasteiger partial charge is 0.256 e. The summed E-state index contributed by atoms with van der Waals surface area (Å²) in [4.78, 5) is 16.6. The fourth-order valence-corrected chi connectivity index (χ4v) is 3.90. The molecule has 1 aliphatic rings. The van der Waals surface area contributed by atoms with Crippen molar-refractivity contribution in [2.24, 2.45) is 0 Å². The summed E-state index contributed by atoms with van der Waals surface area (Å²) in [6.45, 7) is 4.17. The first-order chi connectivity index (χ1) is 12.1. The van der Waals surface area contributed by atoms with E-state index in [0.717, 1.165) is 34.3 Å². The highest BCUT2D eigenvalue weighted by Crippen LogP contribution is 2.36. The van der Waals surface area contributed by atoms with Gasteiger partial charge in [0.1, 0.15) is 5.82 Å². The van der Waals surface area contributed by atoms with Crippen LogP contribution in [0.2, 0.25) is 0 Å². The molecule has 4 rings (SSSR count). The Morgan fingerprint density at radius 1 is 1.12 bits per heavy atom. The molecule has 1 aliphatic heterocycles. The lowest BCUT2D eigenvalue weighted by atomic mass is 10.1. The van der Waals surface area contributed by atoms with Gasteiger partial charge in [-0.15, -0.1) is 0 Å². The van der Waals surface area contributed by atoms with Gasteiger partial charge in [0.25, 0.3) is 5.91 Å². The molecule has 5 nitrogen and oxygen atoms in total. The average molecular weight is 350 g/mol. The number of hydrogen-bond acceptors (Lipinski definition) is 4. The van der Waals surface area contributed by atoms with Crippen LogP contribution in [0.5, 0.6) is 0 Å². The van der Waals surface area contributed by atoms with Crippen LogP contribution in [0.1, 0.15) is 32.7 Å². The van der Waals surface area contributed by atoms with Gasteiger partial charge in [-0.2, -0.15) is 16.9 Å². The number of fused-ring (bicyclic) bond motifs is 1. The predicted molar refractivity (Wildman–Crippen MR) is 100 cm³/mol. The van der Waals surface area contributed by atoms with Crippen LogP contribution < -0.4 is 5.32 Å². The van der Waals surface area contributed by atoms with Crippen molar-refractivity contribution in [3.8, 4) is 5.69 Å². The number of rotatable bonds is 3. The largest absolute Gasteiger partial charge is 0.306 e. The maximum absolute atomic E-state index is 12.6. The first kappa shape index (κ1) is 15.9. The first-order valence-electron chi connectivity index (χ1n) is 8.11. The highest BCUT2D eigenvalue weighted by molar-refractivity contribution is 7.98. The topological polar surface area (TPSA) is 59.8 Å². The highest BCUT2D eigenvalue weighted by atomic mass is 32.2. The number of nitrogens with zero attached hydrogens (tertiary/aromatic N) is 3. The molecule has 0 atom stereocenters. The average Bonchev–Trinajstić information content (AvgIpc) is 3.21. The van der Waals surface area contributed by atoms with Crippen molar-refractivity contribution in [3.63, 3.8) is 0 Å². The van der Waals surface area contributed by atoms with E-state index < -0.39 is 0 Å². The summed E-state index contributed by atoms with van der Waals surface area (Å²) >= 11 is 1.82. The van der Waals surface area contributed by atoms with Gasteiger partial charge in [0.05, 0.1) is 11.4 Å². The molecule has 1 amide bonds. The van der Waals surface area contributed by atoms with Crippen molar-refractivity contribution in [1.29, 1.82) is 0 Å². The normalized spacial score (nSPS) is 12.9. The van der Waals surface area contributed by atoms with Crippen LogP contribution in [0.4, 0.5) is 5.82 Å². The lowest BCUT2D eigenvalue weighted by Gasteiger charge is -2.12. The van der Waals surface area contributed by atoms with Crippen molar-refractivity contribution in [1.82, 2.24) is 14.8 Å². The maximum Gasteiger partial charge on any atom is 0.256 e. The molecule has 0 saturated carbocycles. The van der Waals surface area contributed by atoms with Gasteiger partial charge in [-0.25, -0.2) is 4.68 Å². The Morgan fingerprint density at radius 3 is 2.68 bits per heavy atom. The Labute approximate surface area is 150 Å². The van der Waals surface area contributed by atoms with Crippen molar-refractivity contribution < 1.29 is 4.79 Å². The molecule has 6 heteroatoms. The molecule has 126 valence electrons. The molecular formula is C19H18N4OS. The van der Waals surface area contributed by atoms with Gasteiger partial charge < -0.3 is 5.32 Å². The van der Waals surface area contributed by atoms with E-state index in [2.05, 4.69) is 36.3 Å². The number of anilines is 1. The molecular weight excluding hydrogens is 332 g/mol. The van der Waals surface area contributed by atoms with Crippen LogP contribution in [0.25, 0.3) is 5.69 Å². The molecule has 0 radical (unpaired) electrons. The third kappa shape index (κ3) is 2.93. The van der Waals surface area contributed by atoms with Crippen molar-refractivity contribution >= 4 is 23.5 Å². The Bertz CT molecular complexity index is 950. The van der Waals surface area contributed by atoms with Crippen molar-refractivity contribution in [2.45, 2.75) is 25.4 Å². The molecule has 1 N–H and O–H groups in total. The van der Waals surface area contributed by atoms with Gasteiger partial charge in [-0.3, -0.25) is 9.78 Å². The van der Waals surface area contributed by atoms with E-state index in [-0.39, 0.29) is 5.91 Å². The monoisotopic (exact) mass is 350 g/mol. The number of hydrogen-bond donors (Lipinski definition) is 1. The van der Waals surface area contributed by atoms with Gasteiger partial charge in [-0.1, -0.05) is 6.07 Å². The molecule has 3 heterocycles. The molecule has 25 heavy (non-hydrogen) atoms. The highest BCUT2D eigenvalue weighted by Gasteiger charge is 2.25. The number of amides is 1. The quantitative estimate of drug-likeness (QED) is 0.779. The second kappa shape index (κ2) is 6.37. The molecule has 0 spiro atoms. The van der Waals surface area contributed by atoms with E-state index in [1.807, 2.05) is 22.5 Å². The number of carbonyl (C=O) groups excluding carboxylic acids is 1. The number of thioether (sulfide) groups is 1. The molecule has 0 bridgehead atoms. The second-order valence-corrected chi connectivity index (χ2v) is 7.12. The Kier molecular flexibility index (Phi) is 4.05. The minimum absolute atomic E-state index is 0.146. The van der Waals surface area contributed by atoms with Gasteiger partial charge in [0.2, 0.25) is 0 Å². The van der Waals surface area contributed by atoms with Crippen LogP contribution in [-0.2, 0) is 11.5 Å². The number of nitrogens with one attached hydrogen (secondary N) is 1. The second-order valence-electron chi connectivity index (χ2n) is 6.14. The van der Waals surface area contributed by atoms with E-state index >= 15 is 0 Å². The first-order valence-corrected chi connectivity index (χ1v) is 9.26. The van der Waals surface area contributed by atoms with Gasteiger partial charge in [0, 0.05) is 35.0 Å². The van der Waals surface area contributed by atoms with Gasteiger partial charge in [0.15, 0.2) is 0 Å². The minimum Gasteiger partial charge on any atom is -0.306 e. The molecule has 0 aliphatic carbocycles. The summed E-state index contributed by atoms with van der Waals surface area (Å²) in [5.74, 6) is 2.37. The number of pyridine rings is 1. The number of carbonyl (C=O) groups is 1. The summed E-state index contributed by atoms with van der Waals surface area (Å²) in [5.41, 5.74) is 6.16. The molecule has 3 aromatic rings. The number of benzene rings is 1. The summed E-state index contributed by atoms with van der Waals surface area (Å²) < 4.78 is 1.86. The molecule has 0 unspecified atom stereocenters. The van der Waals surface area contributed by atoms with E-state index in [9.17, 15) is 4.79 Å². The molecule has 0 saturated heterocycles. The zero-order valence-corrected chi connectivity index (χ0v) is 14.9. The number of aryl methyl sites for hydroxylation is 2. The van der Waals surface area contributed by atoms with Crippen LogP contribution in [-0.4, -0.2) is 20.7 Å². The SMILES string of the molecule is Cc1ccc(-n2nc3c(c2NC(=O)c2ccncc2)CSC3)cc1C. The summed E-state index contributed by atoms with van der Waals surface area (Å²) in [5, 5.41) is 7.81. The van der Waals surface area contributed by atoms with Crippen LogP contribution in [0, 0.1) is 13.8 Å². The van der Waals surface area contributed by atoms with E-state index in [0.29, 0.717) is 5.56 Å². The van der Waals surface area contributed by atoms with Crippen LogP contribution in [0.3, 0.4) is 0 Å². The zero-order chi connectivity index (χ0) is 17.4. The van der Waals surface area contributed by atoms with E-state index in [4.69, 9.17) is 5.10 Å². The summed E-state index contributed by atoms with van der Waals surface area (Å²) in [6, 6.07) is 9.65. The lowest BCUT2D eigenvalue weighted by molar-refractivity contribution is 0.102. The Balaban J connectivity index is 1.76.